The summed E-state index contributed by atoms with van der Waals surface area (Å²) in [5.74, 6) is 13.6. The van der Waals surface area contributed by atoms with Crippen LogP contribution in [0.3, 0.4) is 0 Å². The van der Waals surface area contributed by atoms with Gasteiger partial charge in [-0.2, -0.15) is 0 Å². The van der Waals surface area contributed by atoms with Gasteiger partial charge in [0.25, 0.3) is 0 Å². The molecular weight excluding hydrogens is 292 g/mol. The molecular formula is C23H24O. The van der Waals surface area contributed by atoms with E-state index in [1.54, 1.807) is 0 Å². The summed E-state index contributed by atoms with van der Waals surface area (Å²) in [6, 6.07) is 16.4. The lowest BCUT2D eigenvalue weighted by atomic mass is 10.1. The molecule has 0 aliphatic heterocycles. The van der Waals surface area contributed by atoms with Crippen molar-refractivity contribution in [1.29, 1.82) is 0 Å². The zero-order chi connectivity index (χ0) is 17.0. The molecule has 0 saturated carbocycles. The van der Waals surface area contributed by atoms with Crippen LogP contribution in [0.1, 0.15) is 49.8 Å². The smallest absolute Gasteiger partial charge is 0.119 e. The van der Waals surface area contributed by atoms with Crippen molar-refractivity contribution in [3.63, 3.8) is 0 Å². The topological polar surface area (TPSA) is 9.23 Å². The Morgan fingerprint density at radius 2 is 1.29 bits per heavy atom. The highest BCUT2D eigenvalue weighted by Gasteiger charge is 1.92. The van der Waals surface area contributed by atoms with Crippen LogP contribution in [0.15, 0.2) is 48.5 Å². The fraction of sp³-hybridized carbons (Fsp3) is 0.304. The van der Waals surface area contributed by atoms with Gasteiger partial charge in [-0.05, 0) is 54.8 Å². The van der Waals surface area contributed by atoms with Gasteiger partial charge in [0.05, 0.1) is 6.61 Å². The van der Waals surface area contributed by atoms with Crippen LogP contribution in [0.25, 0.3) is 0 Å². The molecule has 0 spiro atoms. The molecule has 2 rings (SSSR count). The van der Waals surface area contributed by atoms with Crippen molar-refractivity contribution in [3.8, 4) is 29.4 Å². The molecule has 0 unspecified atom stereocenters. The molecule has 1 heteroatoms. The highest BCUT2D eigenvalue weighted by atomic mass is 16.5. The maximum absolute atomic E-state index is 5.56. The SMILES string of the molecule is CCCOc1ccc(C#CCCC#Cc2ccc(CC)cc2)cc1. The maximum Gasteiger partial charge on any atom is 0.119 e. The molecule has 0 atom stereocenters. The molecule has 0 aliphatic rings. The monoisotopic (exact) mass is 316 g/mol. The third kappa shape index (κ3) is 6.23. The Labute approximate surface area is 146 Å². The van der Waals surface area contributed by atoms with Crippen LogP contribution in [0, 0.1) is 23.7 Å². The van der Waals surface area contributed by atoms with Crippen molar-refractivity contribution < 1.29 is 4.74 Å². The fourth-order valence-electron chi connectivity index (χ4n) is 2.13. The van der Waals surface area contributed by atoms with Gasteiger partial charge in [0.15, 0.2) is 0 Å². The molecule has 122 valence electrons. The Bertz CT molecular complexity index is 731. The van der Waals surface area contributed by atoms with Gasteiger partial charge in [0.2, 0.25) is 0 Å². The molecule has 2 aromatic carbocycles. The molecule has 0 bridgehead atoms. The Morgan fingerprint density at radius 3 is 1.79 bits per heavy atom. The van der Waals surface area contributed by atoms with Crippen molar-refractivity contribution in [2.75, 3.05) is 6.61 Å². The lowest BCUT2D eigenvalue weighted by molar-refractivity contribution is 0.317. The number of aryl methyl sites for hydroxylation is 1. The zero-order valence-electron chi connectivity index (χ0n) is 14.6. The second-order valence-corrected chi connectivity index (χ2v) is 5.53. The second-order valence-electron chi connectivity index (χ2n) is 5.53. The summed E-state index contributed by atoms with van der Waals surface area (Å²) in [6.45, 7) is 5.01. The van der Waals surface area contributed by atoms with E-state index in [-0.39, 0.29) is 0 Å². The van der Waals surface area contributed by atoms with Crippen molar-refractivity contribution in [2.24, 2.45) is 0 Å². The van der Waals surface area contributed by atoms with Crippen LogP contribution in [-0.4, -0.2) is 6.61 Å². The molecule has 0 N–H and O–H groups in total. The molecule has 0 aromatic heterocycles. The highest BCUT2D eigenvalue weighted by Crippen LogP contribution is 2.11. The van der Waals surface area contributed by atoms with Crippen LogP contribution in [0.2, 0.25) is 0 Å². The maximum atomic E-state index is 5.56. The van der Waals surface area contributed by atoms with E-state index >= 15 is 0 Å². The molecule has 0 radical (unpaired) electrons. The Kier molecular flexibility index (Phi) is 7.52. The third-order valence-electron chi connectivity index (χ3n) is 3.53. The van der Waals surface area contributed by atoms with Crippen molar-refractivity contribution in [2.45, 2.75) is 39.5 Å². The van der Waals surface area contributed by atoms with Gasteiger partial charge in [-0.25, -0.2) is 0 Å². The minimum Gasteiger partial charge on any atom is -0.494 e. The average Bonchev–Trinajstić information content (AvgIpc) is 2.64. The van der Waals surface area contributed by atoms with Gasteiger partial charge in [0.1, 0.15) is 5.75 Å². The molecule has 0 amide bonds. The van der Waals surface area contributed by atoms with E-state index in [1.807, 2.05) is 24.3 Å². The van der Waals surface area contributed by atoms with Gasteiger partial charge in [-0.15, -0.1) is 0 Å². The number of ether oxygens (including phenoxy) is 1. The number of hydrogen-bond acceptors (Lipinski definition) is 1. The number of rotatable bonds is 5. The van der Waals surface area contributed by atoms with Crippen molar-refractivity contribution in [1.82, 2.24) is 0 Å². The first kappa shape index (κ1) is 17.7. The van der Waals surface area contributed by atoms with Gasteiger partial charge < -0.3 is 4.74 Å². The fourth-order valence-corrected chi connectivity index (χ4v) is 2.13. The minimum absolute atomic E-state index is 0.755. The van der Waals surface area contributed by atoms with Crippen LogP contribution in [0.5, 0.6) is 5.75 Å². The van der Waals surface area contributed by atoms with E-state index in [0.29, 0.717) is 0 Å². The molecule has 0 heterocycles. The quantitative estimate of drug-likeness (QED) is 0.543. The first-order valence-electron chi connectivity index (χ1n) is 8.61. The molecule has 1 nitrogen and oxygen atoms in total. The summed E-state index contributed by atoms with van der Waals surface area (Å²) >= 11 is 0. The van der Waals surface area contributed by atoms with Crippen LogP contribution in [0.4, 0.5) is 0 Å². The standard InChI is InChI=1S/C23H24O/c1-3-19-24-23-17-15-22(16-18-23)10-8-6-5-7-9-21-13-11-20(4-2)12-14-21/h11-18H,3-6,19H2,1-2H3. The Hall–Kier alpha value is -2.64. The number of unbranched alkanes of at least 4 members (excludes halogenated alkanes) is 1. The van der Waals surface area contributed by atoms with E-state index in [2.05, 4.69) is 61.8 Å². The van der Waals surface area contributed by atoms with Crippen LogP contribution >= 0.6 is 0 Å². The first-order chi connectivity index (χ1) is 11.8. The normalized spacial score (nSPS) is 9.42. The van der Waals surface area contributed by atoms with Crippen molar-refractivity contribution in [3.05, 3.63) is 65.2 Å². The summed E-state index contributed by atoms with van der Waals surface area (Å²) in [5, 5.41) is 0. The predicted octanol–water partition coefficient (Wildman–Crippen LogP) is 5.22. The molecule has 2 aromatic rings. The molecule has 24 heavy (non-hydrogen) atoms. The Morgan fingerprint density at radius 1 is 0.750 bits per heavy atom. The van der Waals surface area contributed by atoms with Gasteiger partial charge in [0, 0.05) is 24.0 Å². The predicted molar refractivity (Wildman–Crippen MR) is 101 cm³/mol. The summed E-state index contributed by atoms with van der Waals surface area (Å²) < 4.78 is 5.56. The highest BCUT2D eigenvalue weighted by molar-refractivity contribution is 5.39. The summed E-state index contributed by atoms with van der Waals surface area (Å²) in [7, 11) is 0. The zero-order valence-corrected chi connectivity index (χ0v) is 14.6. The number of benzene rings is 2. The van der Waals surface area contributed by atoms with E-state index in [1.165, 1.54) is 5.56 Å². The van der Waals surface area contributed by atoms with Gasteiger partial charge >= 0.3 is 0 Å². The van der Waals surface area contributed by atoms with E-state index < -0.39 is 0 Å². The van der Waals surface area contributed by atoms with Crippen molar-refractivity contribution >= 4 is 0 Å². The summed E-state index contributed by atoms with van der Waals surface area (Å²) in [6.07, 6.45) is 3.66. The lowest BCUT2D eigenvalue weighted by Gasteiger charge is -2.03. The number of hydrogen-bond donors (Lipinski definition) is 0. The van der Waals surface area contributed by atoms with Gasteiger partial charge in [-0.1, -0.05) is 49.7 Å². The average molecular weight is 316 g/mol. The third-order valence-corrected chi connectivity index (χ3v) is 3.53. The second kappa shape index (κ2) is 10.2. The van der Waals surface area contributed by atoms with E-state index in [9.17, 15) is 0 Å². The molecule has 0 fully saturated rings. The Balaban J connectivity index is 1.78. The molecule has 0 saturated heterocycles. The van der Waals surface area contributed by atoms with Crippen LogP contribution in [-0.2, 0) is 6.42 Å². The van der Waals surface area contributed by atoms with Crippen LogP contribution < -0.4 is 4.74 Å². The van der Waals surface area contributed by atoms with E-state index in [0.717, 1.165) is 49.2 Å². The lowest BCUT2D eigenvalue weighted by Crippen LogP contribution is -1.94. The first-order valence-corrected chi connectivity index (χ1v) is 8.61. The summed E-state index contributed by atoms with van der Waals surface area (Å²) in [4.78, 5) is 0. The minimum atomic E-state index is 0.755. The van der Waals surface area contributed by atoms with Gasteiger partial charge in [-0.3, -0.25) is 0 Å². The van der Waals surface area contributed by atoms with E-state index in [4.69, 9.17) is 4.74 Å². The molecule has 0 aliphatic carbocycles. The summed E-state index contributed by atoms with van der Waals surface area (Å²) in [5.41, 5.74) is 3.43. The largest absolute Gasteiger partial charge is 0.494 e.